The van der Waals surface area contributed by atoms with Crippen LogP contribution in [-0.2, 0) is 14.9 Å². The number of fused-ring (bicyclic) bond motifs is 2. The molecule has 0 atom stereocenters. The van der Waals surface area contributed by atoms with Crippen LogP contribution in [0.1, 0.15) is 28.8 Å². The van der Waals surface area contributed by atoms with Gasteiger partial charge in [0.05, 0.1) is 16.7 Å². The number of nitrogens with one attached hydrogen (secondary N) is 2. The molecule has 6 nitrogen and oxygen atoms in total. The zero-order valence-corrected chi connectivity index (χ0v) is 17.9. The van der Waals surface area contributed by atoms with E-state index in [1.807, 2.05) is 30.3 Å². The second-order valence-electron chi connectivity index (χ2n) is 7.92. The predicted molar refractivity (Wildman–Crippen MR) is 123 cm³/mol. The highest BCUT2D eigenvalue weighted by Gasteiger charge is 2.41. The lowest BCUT2D eigenvalue weighted by Crippen LogP contribution is -2.44. The predicted octanol–water partition coefficient (Wildman–Crippen LogP) is 5.38. The summed E-state index contributed by atoms with van der Waals surface area (Å²) in [5.41, 5.74) is 1.63. The summed E-state index contributed by atoms with van der Waals surface area (Å²) in [6.07, 6.45) is 1.18. The molecule has 2 aliphatic heterocycles. The summed E-state index contributed by atoms with van der Waals surface area (Å²) in [5, 5.41) is 6.33. The molecule has 0 unspecified atom stereocenters. The third-order valence-electron chi connectivity index (χ3n) is 6.00. The summed E-state index contributed by atoms with van der Waals surface area (Å²) in [6.45, 7) is 1.03. The Morgan fingerprint density at radius 2 is 1.72 bits per heavy atom. The molecule has 32 heavy (non-hydrogen) atoms. The van der Waals surface area contributed by atoms with E-state index >= 15 is 0 Å². The molecule has 2 N–H and O–H groups in total. The van der Waals surface area contributed by atoms with Crippen LogP contribution in [0.2, 0.25) is 5.02 Å². The summed E-state index contributed by atoms with van der Waals surface area (Å²) >= 11 is 6.05. The van der Waals surface area contributed by atoms with Gasteiger partial charge in [-0.25, -0.2) is 0 Å². The van der Waals surface area contributed by atoms with Crippen molar-refractivity contribution in [1.29, 1.82) is 0 Å². The first-order valence-electron chi connectivity index (χ1n) is 10.4. The highest BCUT2D eigenvalue weighted by Crippen LogP contribution is 2.39. The minimum absolute atomic E-state index is 0.114. The summed E-state index contributed by atoms with van der Waals surface area (Å²) in [6, 6.07) is 19.9. The first-order chi connectivity index (χ1) is 15.5. The van der Waals surface area contributed by atoms with Gasteiger partial charge in [0.25, 0.3) is 5.91 Å². The van der Waals surface area contributed by atoms with E-state index in [1.165, 1.54) is 0 Å². The fraction of sp³-hybridized carbons (Fsp3) is 0.200. The van der Waals surface area contributed by atoms with Crippen molar-refractivity contribution < 1.29 is 19.1 Å². The van der Waals surface area contributed by atoms with E-state index in [0.29, 0.717) is 59.5 Å². The normalized spacial score (nSPS) is 16.6. The van der Waals surface area contributed by atoms with Gasteiger partial charge in [0.15, 0.2) is 5.75 Å². The van der Waals surface area contributed by atoms with E-state index in [0.717, 1.165) is 5.56 Å². The average molecular weight is 449 g/mol. The first-order valence-corrected chi connectivity index (χ1v) is 10.8. The minimum atomic E-state index is -0.682. The van der Waals surface area contributed by atoms with Crippen LogP contribution in [0, 0.1) is 0 Å². The van der Waals surface area contributed by atoms with Gasteiger partial charge in [0.2, 0.25) is 5.91 Å². The molecule has 2 aliphatic rings. The fourth-order valence-corrected chi connectivity index (χ4v) is 4.42. The van der Waals surface area contributed by atoms with Crippen LogP contribution in [0.5, 0.6) is 11.5 Å². The van der Waals surface area contributed by atoms with E-state index < -0.39 is 5.41 Å². The van der Waals surface area contributed by atoms with Crippen LogP contribution in [0.15, 0.2) is 66.7 Å². The maximum absolute atomic E-state index is 13.5. The van der Waals surface area contributed by atoms with Crippen molar-refractivity contribution in [2.45, 2.75) is 18.3 Å². The van der Waals surface area contributed by atoms with Crippen LogP contribution in [0.4, 0.5) is 11.4 Å². The van der Waals surface area contributed by atoms with Crippen LogP contribution < -0.4 is 15.4 Å². The van der Waals surface area contributed by atoms with E-state index in [2.05, 4.69) is 10.6 Å². The average Bonchev–Trinajstić information content (AvgIpc) is 2.95. The van der Waals surface area contributed by atoms with Crippen LogP contribution >= 0.6 is 11.6 Å². The van der Waals surface area contributed by atoms with Crippen LogP contribution in [0.3, 0.4) is 0 Å². The molecule has 0 saturated carbocycles. The Bertz CT molecular complexity index is 1190. The summed E-state index contributed by atoms with van der Waals surface area (Å²) in [7, 11) is 0. The fourth-order valence-electron chi connectivity index (χ4n) is 4.25. The Morgan fingerprint density at radius 1 is 0.969 bits per heavy atom. The number of benzene rings is 3. The molecule has 3 aromatic carbocycles. The molecule has 1 fully saturated rings. The molecule has 162 valence electrons. The third-order valence-corrected chi connectivity index (χ3v) is 6.23. The maximum Gasteiger partial charge on any atom is 0.259 e. The van der Waals surface area contributed by atoms with Crippen LogP contribution in [-0.4, -0.2) is 25.0 Å². The number of anilines is 2. The highest BCUT2D eigenvalue weighted by molar-refractivity contribution is 6.31. The molecule has 3 aromatic rings. The summed E-state index contributed by atoms with van der Waals surface area (Å²) in [5.74, 6) is 0.465. The second kappa shape index (κ2) is 8.30. The van der Waals surface area contributed by atoms with Gasteiger partial charge < -0.3 is 20.1 Å². The van der Waals surface area contributed by atoms with E-state index in [9.17, 15) is 9.59 Å². The number of amides is 2. The van der Waals surface area contributed by atoms with Crippen molar-refractivity contribution in [3.05, 3.63) is 82.9 Å². The van der Waals surface area contributed by atoms with E-state index in [-0.39, 0.29) is 11.8 Å². The molecular weight excluding hydrogens is 428 g/mol. The Balaban J connectivity index is 1.44. The van der Waals surface area contributed by atoms with Crippen molar-refractivity contribution in [3.8, 4) is 11.5 Å². The molecule has 0 aliphatic carbocycles. The number of carbonyl (C=O) groups excluding carboxylic acids is 2. The van der Waals surface area contributed by atoms with Gasteiger partial charge in [-0.1, -0.05) is 41.9 Å². The lowest BCUT2D eigenvalue weighted by atomic mass is 9.73. The van der Waals surface area contributed by atoms with Gasteiger partial charge in [-0.15, -0.1) is 0 Å². The molecule has 2 heterocycles. The molecule has 1 saturated heterocycles. The maximum atomic E-state index is 13.5. The van der Waals surface area contributed by atoms with Crippen molar-refractivity contribution in [2.24, 2.45) is 0 Å². The quantitative estimate of drug-likeness (QED) is 0.563. The van der Waals surface area contributed by atoms with Crippen LogP contribution in [0.25, 0.3) is 0 Å². The number of hydrogen-bond acceptors (Lipinski definition) is 4. The number of rotatable bonds is 3. The molecule has 2 amide bonds. The SMILES string of the molecule is O=C1Nc2cc(Cl)ccc2Oc2ccc(NC(=O)C3(c4ccccc4)CCOCC3)cc21. The summed E-state index contributed by atoms with van der Waals surface area (Å²) < 4.78 is 11.5. The molecule has 0 aromatic heterocycles. The molecule has 0 radical (unpaired) electrons. The lowest BCUT2D eigenvalue weighted by Gasteiger charge is -2.36. The molecule has 0 bridgehead atoms. The minimum Gasteiger partial charge on any atom is -0.454 e. The Morgan fingerprint density at radius 3 is 2.50 bits per heavy atom. The zero-order valence-electron chi connectivity index (χ0n) is 17.2. The summed E-state index contributed by atoms with van der Waals surface area (Å²) in [4.78, 5) is 26.4. The van der Waals surface area contributed by atoms with Gasteiger partial charge in [0.1, 0.15) is 5.75 Å². The zero-order chi connectivity index (χ0) is 22.1. The van der Waals surface area contributed by atoms with Crippen molar-refractivity contribution >= 4 is 34.8 Å². The monoisotopic (exact) mass is 448 g/mol. The number of ether oxygens (including phenoxy) is 2. The van der Waals surface area contributed by atoms with Gasteiger partial charge in [-0.05, 0) is 54.8 Å². The van der Waals surface area contributed by atoms with Crippen molar-refractivity contribution in [2.75, 3.05) is 23.8 Å². The van der Waals surface area contributed by atoms with E-state index in [1.54, 1.807) is 36.4 Å². The van der Waals surface area contributed by atoms with Gasteiger partial charge >= 0.3 is 0 Å². The molecule has 0 spiro atoms. The molecular formula is C25H21ClN2O4. The smallest absolute Gasteiger partial charge is 0.259 e. The first kappa shape index (κ1) is 20.5. The van der Waals surface area contributed by atoms with E-state index in [4.69, 9.17) is 21.1 Å². The topological polar surface area (TPSA) is 76.7 Å². The van der Waals surface area contributed by atoms with Crippen molar-refractivity contribution in [1.82, 2.24) is 0 Å². The largest absolute Gasteiger partial charge is 0.454 e. The molecule has 7 heteroatoms. The lowest BCUT2D eigenvalue weighted by molar-refractivity contribution is -0.125. The Labute approximate surface area is 190 Å². The molecule has 5 rings (SSSR count). The van der Waals surface area contributed by atoms with Crippen molar-refractivity contribution in [3.63, 3.8) is 0 Å². The number of hydrogen-bond donors (Lipinski definition) is 2. The number of carbonyl (C=O) groups is 2. The standard InChI is InChI=1S/C25H21ClN2O4/c26-17-6-8-22-20(14-17)28-23(29)19-15-18(7-9-21(19)32-22)27-24(30)25(10-12-31-13-11-25)16-4-2-1-3-5-16/h1-9,14-15H,10-13H2,(H,27,30)(H,28,29). The number of halogens is 1. The van der Waals surface area contributed by atoms with Gasteiger partial charge in [-0.2, -0.15) is 0 Å². The second-order valence-corrected chi connectivity index (χ2v) is 8.36. The highest BCUT2D eigenvalue weighted by atomic mass is 35.5. The van der Waals surface area contributed by atoms with Gasteiger partial charge in [-0.3, -0.25) is 9.59 Å². The Hall–Kier alpha value is -3.35. The third kappa shape index (κ3) is 3.72. The van der Waals surface area contributed by atoms with Gasteiger partial charge in [0, 0.05) is 23.9 Å². The Kier molecular flexibility index (Phi) is 5.33.